The first kappa shape index (κ1) is 23.6. The first-order valence-corrected chi connectivity index (χ1v) is 11.9. The topological polar surface area (TPSA) is 130 Å². The van der Waals surface area contributed by atoms with Crippen molar-refractivity contribution in [2.45, 2.75) is 6.92 Å². The highest BCUT2D eigenvalue weighted by atomic mass is 16.5. The molecular formula is C25H28N8O3. The molecule has 11 heteroatoms. The molecule has 0 radical (unpaired) electrons. The molecule has 5 rings (SSSR count). The molecule has 1 aliphatic heterocycles. The number of morpholine rings is 1. The van der Waals surface area contributed by atoms with Gasteiger partial charge < -0.3 is 19.8 Å². The number of nitrogens with one attached hydrogen (secondary N) is 3. The van der Waals surface area contributed by atoms with Gasteiger partial charge in [0.05, 0.1) is 29.9 Å². The molecule has 0 unspecified atom stereocenters. The monoisotopic (exact) mass is 488 g/mol. The lowest BCUT2D eigenvalue weighted by molar-refractivity contribution is 0.0317. The van der Waals surface area contributed by atoms with Gasteiger partial charge in [0, 0.05) is 55.9 Å². The highest BCUT2D eigenvalue weighted by Gasteiger charge is 2.15. The minimum Gasteiger partial charge on any atom is -0.462 e. The maximum Gasteiger partial charge on any atom is 0.321 e. The summed E-state index contributed by atoms with van der Waals surface area (Å²) < 4.78 is 11.1. The Labute approximate surface area is 208 Å². The normalized spacial score (nSPS) is 14.0. The van der Waals surface area contributed by atoms with E-state index in [0.29, 0.717) is 30.6 Å². The lowest BCUT2D eigenvalue weighted by atomic mass is 10.0. The average molecular weight is 489 g/mol. The molecule has 1 fully saturated rings. The molecule has 0 aliphatic carbocycles. The number of hydrogen-bond acceptors (Lipinski definition) is 8. The van der Waals surface area contributed by atoms with E-state index in [4.69, 9.17) is 9.47 Å². The molecule has 4 aromatic rings. The largest absolute Gasteiger partial charge is 0.462 e. The molecule has 4 heterocycles. The number of imidazole rings is 1. The smallest absolute Gasteiger partial charge is 0.321 e. The summed E-state index contributed by atoms with van der Waals surface area (Å²) in [5.74, 6) is 0.352. The molecule has 1 aliphatic rings. The Morgan fingerprint density at radius 3 is 2.72 bits per heavy atom. The number of carbonyl (C=O) groups excluding carboxylic acids is 1. The molecule has 1 saturated heterocycles. The summed E-state index contributed by atoms with van der Waals surface area (Å²) >= 11 is 0. The van der Waals surface area contributed by atoms with Crippen LogP contribution in [0.4, 0.5) is 10.7 Å². The van der Waals surface area contributed by atoms with Gasteiger partial charge in [0.2, 0.25) is 5.95 Å². The van der Waals surface area contributed by atoms with E-state index in [-0.39, 0.29) is 6.03 Å². The number of aromatic nitrogens is 5. The molecular weight excluding hydrogens is 460 g/mol. The van der Waals surface area contributed by atoms with Crippen LogP contribution in [-0.4, -0.2) is 81.9 Å². The van der Waals surface area contributed by atoms with Crippen LogP contribution in [0.25, 0.3) is 33.4 Å². The minimum absolute atomic E-state index is 0.325. The van der Waals surface area contributed by atoms with Gasteiger partial charge in [-0.15, -0.1) is 0 Å². The van der Waals surface area contributed by atoms with Crippen LogP contribution in [-0.2, 0) is 4.74 Å². The van der Waals surface area contributed by atoms with Gasteiger partial charge >= 0.3 is 12.0 Å². The minimum atomic E-state index is -0.325. The summed E-state index contributed by atoms with van der Waals surface area (Å²) in [5, 5.41) is 5.43. The number of ether oxygens (including phenoxy) is 2. The third-order valence-corrected chi connectivity index (χ3v) is 5.80. The zero-order valence-electron chi connectivity index (χ0n) is 20.0. The molecule has 0 spiro atoms. The van der Waals surface area contributed by atoms with Gasteiger partial charge in [-0.25, -0.2) is 19.7 Å². The number of hydrogen-bond donors (Lipinski definition) is 3. The van der Waals surface area contributed by atoms with E-state index < -0.39 is 0 Å². The number of anilines is 1. The molecule has 186 valence electrons. The van der Waals surface area contributed by atoms with Gasteiger partial charge in [-0.1, -0.05) is 6.07 Å². The van der Waals surface area contributed by atoms with Gasteiger partial charge in [-0.05, 0) is 36.8 Å². The van der Waals surface area contributed by atoms with Crippen molar-refractivity contribution in [1.82, 2.24) is 35.1 Å². The number of fused-ring (bicyclic) bond motifs is 1. The third-order valence-electron chi connectivity index (χ3n) is 5.80. The fourth-order valence-corrected chi connectivity index (χ4v) is 4.00. The maximum absolute atomic E-state index is 12.0. The van der Waals surface area contributed by atoms with Crippen LogP contribution >= 0.6 is 0 Å². The van der Waals surface area contributed by atoms with Crippen molar-refractivity contribution in [3.63, 3.8) is 0 Å². The molecule has 2 amide bonds. The van der Waals surface area contributed by atoms with Crippen molar-refractivity contribution in [3.05, 3.63) is 48.9 Å². The highest BCUT2D eigenvalue weighted by molar-refractivity contribution is 5.97. The molecule has 11 nitrogen and oxygen atoms in total. The van der Waals surface area contributed by atoms with Crippen LogP contribution in [0.5, 0.6) is 6.01 Å². The molecule has 3 N–H and O–H groups in total. The molecule has 0 saturated carbocycles. The molecule has 36 heavy (non-hydrogen) atoms. The van der Waals surface area contributed by atoms with E-state index in [1.807, 2.05) is 37.3 Å². The number of amides is 2. The molecule has 3 aromatic heterocycles. The zero-order chi connectivity index (χ0) is 24.7. The van der Waals surface area contributed by atoms with E-state index in [9.17, 15) is 4.79 Å². The van der Waals surface area contributed by atoms with Gasteiger partial charge in [0.1, 0.15) is 6.61 Å². The number of nitrogens with zero attached hydrogens (tertiary/aromatic N) is 5. The fourth-order valence-electron chi connectivity index (χ4n) is 4.00. The van der Waals surface area contributed by atoms with Crippen molar-refractivity contribution < 1.29 is 14.3 Å². The van der Waals surface area contributed by atoms with Gasteiger partial charge in [-0.2, -0.15) is 0 Å². The summed E-state index contributed by atoms with van der Waals surface area (Å²) in [6.45, 7) is 7.05. The maximum atomic E-state index is 12.0. The van der Waals surface area contributed by atoms with E-state index in [1.165, 1.54) is 0 Å². The van der Waals surface area contributed by atoms with E-state index in [0.717, 1.165) is 60.7 Å². The number of benzene rings is 1. The number of rotatable bonds is 8. The van der Waals surface area contributed by atoms with Gasteiger partial charge in [0.25, 0.3) is 0 Å². The highest BCUT2D eigenvalue weighted by Crippen LogP contribution is 2.32. The van der Waals surface area contributed by atoms with Crippen molar-refractivity contribution >= 4 is 23.0 Å². The predicted octanol–water partition coefficient (Wildman–Crippen LogP) is 2.93. The summed E-state index contributed by atoms with van der Waals surface area (Å²) in [7, 11) is 0. The first-order valence-electron chi connectivity index (χ1n) is 11.9. The Kier molecular flexibility index (Phi) is 7.29. The Morgan fingerprint density at radius 2 is 1.97 bits per heavy atom. The second kappa shape index (κ2) is 11.1. The second-order valence-electron chi connectivity index (χ2n) is 8.26. The summed E-state index contributed by atoms with van der Waals surface area (Å²) in [5.41, 5.74) is 4.76. The van der Waals surface area contributed by atoms with Crippen LogP contribution in [0.3, 0.4) is 0 Å². The van der Waals surface area contributed by atoms with E-state index >= 15 is 0 Å². The molecule has 0 atom stereocenters. The second-order valence-corrected chi connectivity index (χ2v) is 8.26. The number of urea groups is 1. The number of H-pyrrole nitrogens is 1. The quantitative estimate of drug-likeness (QED) is 0.345. The molecule has 1 aromatic carbocycles. The van der Waals surface area contributed by atoms with Crippen molar-refractivity contribution in [3.8, 4) is 28.4 Å². The van der Waals surface area contributed by atoms with Crippen LogP contribution < -0.4 is 15.4 Å². The fraction of sp³-hybridized carbons (Fsp3) is 0.320. The Hall–Kier alpha value is -4.09. The Bertz CT molecular complexity index is 1300. The van der Waals surface area contributed by atoms with Gasteiger partial charge in [0.15, 0.2) is 0 Å². The lowest BCUT2D eigenvalue weighted by Gasteiger charge is -2.26. The van der Waals surface area contributed by atoms with Crippen LogP contribution in [0.15, 0.2) is 48.9 Å². The average Bonchev–Trinajstić information content (AvgIpc) is 3.32. The van der Waals surface area contributed by atoms with Crippen LogP contribution in [0.1, 0.15) is 6.92 Å². The Balaban J connectivity index is 1.38. The van der Waals surface area contributed by atoms with Crippen molar-refractivity contribution in [2.75, 3.05) is 51.3 Å². The molecule has 0 bridgehead atoms. The third kappa shape index (κ3) is 5.58. The SMILES string of the molecule is CCNC(=O)Nc1nc2c(-c3ccccn3)cc(-c3cnc(OCCN4CCOCC4)nc3)cc2[nH]1. The van der Waals surface area contributed by atoms with E-state index in [2.05, 4.69) is 40.5 Å². The summed E-state index contributed by atoms with van der Waals surface area (Å²) in [6, 6.07) is 9.68. The van der Waals surface area contributed by atoms with E-state index in [1.54, 1.807) is 18.6 Å². The first-order chi connectivity index (χ1) is 17.7. The predicted molar refractivity (Wildman–Crippen MR) is 136 cm³/mol. The standard InChI is InChI=1S/C25H28N8O3/c1-2-26-24(34)32-23-30-21-14-17(13-19(22(21)31-23)20-5-3-4-6-27-20)18-15-28-25(29-16-18)36-12-9-33-7-10-35-11-8-33/h3-6,13-16H,2,7-12H2,1H3,(H3,26,30,31,32,34). The zero-order valence-corrected chi connectivity index (χ0v) is 20.0. The number of pyridine rings is 1. The summed E-state index contributed by atoms with van der Waals surface area (Å²) in [4.78, 5) is 35.4. The van der Waals surface area contributed by atoms with Crippen LogP contribution in [0, 0.1) is 0 Å². The van der Waals surface area contributed by atoms with Gasteiger partial charge in [-0.3, -0.25) is 15.2 Å². The lowest BCUT2D eigenvalue weighted by Crippen LogP contribution is -2.38. The number of aromatic amines is 1. The van der Waals surface area contributed by atoms with Crippen LogP contribution in [0.2, 0.25) is 0 Å². The summed E-state index contributed by atoms with van der Waals surface area (Å²) in [6.07, 6.45) is 5.22. The Morgan fingerprint density at radius 1 is 1.14 bits per heavy atom. The van der Waals surface area contributed by atoms with Crippen molar-refractivity contribution in [1.29, 1.82) is 0 Å². The van der Waals surface area contributed by atoms with Crippen molar-refractivity contribution in [2.24, 2.45) is 0 Å². The number of carbonyl (C=O) groups is 1.